The number of carbonyl (C=O) groups is 5. The van der Waals surface area contributed by atoms with Gasteiger partial charge in [0.25, 0.3) is 0 Å². The second-order valence-electron chi connectivity index (χ2n) is 12.9. The van der Waals surface area contributed by atoms with Gasteiger partial charge in [-0.2, -0.15) is 13.2 Å². The molecule has 13 heteroatoms. The Morgan fingerprint density at radius 1 is 0.917 bits per heavy atom. The first-order valence-corrected chi connectivity index (χ1v) is 16.0. The first kappa shape index (κ1) is 40.2. The van der Waals surface area contributed by atoms with Crippen LogP contribution in [0.25, 0.3) is 0 Å². The summed E-state index contributed by atoms with van der Waals surface area (Å²) in [5, 5.41) is 5.62. The lowest BCUT2D eigenvalue weighted by Crippen LogP contribution is -2.41. The molecule has 0 aliphatic carbocycles. The van der Waals surface area contributed by atoms with Gasteiger partial charge in [0.1, 0.15) is 17.4 Å². The van der Waals surface area contributed by atoms with E-state index in [9.17, 15) is 37.1 Å². The molecule has 0 bridgehead atoms. The number of hydrogen-bond acceptors (Lipinski definition) is 7. The molecule has 0 unspecified atom stereocenters. The van der Waals surface area contributed by atoms with Crippen LogP contribution in [-0.4, -0.2) is 54.8 Å². The number of amides is 2. The number of methoxy groups -OCH3 is 1. The molecule has 0 spiro atoms. The normalized spacial score (nSPS) is 13.6. The van der Waals surface area contributed by atoms with Gasteiger partial charge < -0.3 is 20.1 Å². The third-order valence-corrected chi connectivity index (χ3v) is 7.73. The summed E-state index contributed by atoms with van der Waals surface area (Å²) in [7, 11) is 1.43. The van der Waals surface area contributed by atoms with Gasteiger partial charge in [0.2, 0.25) is 11.7 Å². The van der Waals surface area contributed by atoms with Crippen LogP contribution in [-0.2, 0) is 19.1 Å². The number of alkyl halides is 3. The van der Waals surface area contributed by atoms with Crippen molar-refractivity contribution < 1.29 is 46.6 Å². The first-order chi connectivity index (χ1) is 22.3. The predicted octanol–water partition coefficient (Wildman–Crippen LogP) is 7.45. The molecule has 2 aromatic rings. The van der Waals surface area contributed by atoms with E-state index >= 15 is 0 Å². The zero-order valence-corrected chi connectivity index (χ0v) is 28.8. The number of benzene rings is 2. The maximum atomic E-state index is 13.8. The topological polar surface area (TPSA) is 128 Å². The molecule has 0 aromatic heterocycles. The Labute approximate surface area is 284 Å². The summed E-state index contributed by atoms with van der Waals surface area (Å²) in [6.45, 7) is 8.26. The third-order valence-electron chi connectivity index (χ3n) is 7.50. The van der Waals surface area contributed by atoms with Crippen molar-refractivity contribution in [2.24, 2.45) is 17.8 Å². The van der Waals surface area contributed by atoms with E-state index < -0.39 is 65.6 Å². The molecule has 3 atom stereocenters. The Balaban J connectivity index is 2.34. The van der Waals surface area contributed by atoms with E-state index in [1.165, 1.54) is 51.3 Å². The van der Waals surface area contributed by atoms with Crippen LogP contribution < -0.4 is 15.4 Å². The van der Waals surface area contributed by atoms with Crippen LogP contribution in [0.3, 0.4) is 0 Å². The molecule has 0 radical (unpaired) electrons. The predicted molar refractivity (Wildman–Crippen MR) is 175 cm³/mol. The first-order valence-electron chi connectivity index (χ1n) is 15.7. The highest BCUT2D eigenvalue weighted by atomic mass is 35.5. The monoisotopic (exact) mass is 696 g/mol. The summed E-state index contributed by atoms with van der Waals surface area (Å²) in [6, 6.07) is 10.8. The van der Waals surface area contributed by atoms with Crippen LogP contribution >= 0.6 is 11.6 Å². The van der Waals surface area contributed by atoms with Gasteiger partial charge in [-0.25, -0.2) is 4.79 Å². The zero-order valence-electron chi connectivity index (χ0n) is 28.0. The average Bonchev–Trinajstić information content (AvgIpc) is 2.99. The lowest BCUT2D eigenvalue weighted by atomic mass is 9.84. The highest BCUT2D eigenvalue weighted by Crippen LogP contribution is 2.31. The molecular formula is C35H44ClF3N2O7. The largest absolute Gasteiger partial charge is 0.497 e. The minimum absolute atomic E-state index is 0.179. The van der Waals surface area contributed by atoms with E-state index in [0.717, 1.165) is 0 Å². The standard InChI is InChI=1S/C35H44ClF3N2O7/c1-21(2)27(31(44)35(37,38)39)20-29(43)30(22-13-15-26(47-6)16-14-22)41-32(45)24(19-28(42)23-11-9-12-25(36)18-23)10-7-8-17-40-33(46)48-34(3,4)5/h9,11-16,18,21,24,27,30H,7-8,10,17,19-20H2,1-6H3,(H,40,46)(H,41,45)/t24-,27+,30+/m1/s1. The number of nitrogens with one attached hydrogen (secondary N) is 2. The number of ether oxygens (including phenoxy) is 2. The van der Waals surface area contributed by atoms with Crippen LogP contribution in [0.1, 0.15) is 88.7 Å². The van der Waals surface area contributed by atoms with Gasteiger partial charge in [-0.15, -0.1) is 0 Å². The van der Waals surface area contributed by atoms with E-state index in [1.54, 1.807) is 39.0 Å². The molecule has 0 aliphatic heterocycles. The van der Waals surface area contributed by atoms with Crippen LogP contribution in [0.2, 0.25) is 5.02 Å². The molecule has 0 heterocycles. The summed E-state index contributed by atoms with van der Waals surface area (Å²) in [5.74, 6) is -6.87. The van der Waals surface area contributed by atoms with E-state index in [4.69, 9.17) is 21.1 Å². The molecule has 0 aliphatic rings. The van der Waals surface area contributed by atoms with Crippen molar-refractivity contribution >= 4 is 41.0 Å². The summed E-state index contributed by atoms with van der Waals surface area (Å²) >= 11 is 6.06. The van der Waals surface area contributed by atoms with E-state index in [1.807, 2.05) is 0 Å². The van der Waals surface area contributed by atoms with Crippen molar-refractivity contribution in [2.75, 3.05) is 13.7 Å². The van der Waals surface area contributed by atoms with Crippen LogP contribution in [0.15, 0.2) is 48.5 Å². The van der Waals surface area contributed by atoms with Crippen molar-refractivity contribution in [2.45, 2.75) is 84.5 Å². The number of halogens is 4. The summed E-state index contributed by atoms with van der Waals surface area (Å²) in [6.07, 6.45) is -5.75. The molecule has 0 fully saturated rings. The van der Waals surface area contributed by atoms with Gasteiger partial charge >= 0.3 is 12.3 Å². The Morgan fingerprint density at radius 2 is 1.56 bits per heavy atom. The lowest BCUT2D eigenvalue weighted by Gasteiger charge is -2.26. The molecular weight excluding hydrogens is 653 g/mol. The second-order valence-corrected chi connectivity index (χ2v) is 13.3. The Hall–Kier alpha value is -3.93. The van der Waals surface area contributed by atoms with Crippen molar-refractivity contribution in [3.8, 4) is 5.75 Å². The van der Waals surface area contributed by atoms with Crippen molar-refractivity contribution in [1.82, 2.24) is 10.6 Å². The number of unbranched alkanes of at least 4 members (excludes halogenated alkanes) is 1. The molecule has 2 amide bonds. The van der Waals surface area contributed by atoms with Crippen LogP contribution in [0.4, 0.5) is 18.0 Å². The summed E-state index contributed by atoms with van der Waals surface area (Å²) < 4.78 is 50.6. The fraction of sp³-hybridized carbons (Fsp3) is 0.514. The molecule has 2 N–H and O–H groups in total. The average molecular weight is 697 g/mol. The van der Waals surface area contributed by atoms with E-state index in [-0.39, 0.29) is 36.3 Å². The number of hydrogen-bond donors (Lipinski definition) is 2. The SMILES string of the molecule is COc1ccc([C@H](NC(=O)[C@H](CCCCNC(=O)OC(C)(C)C)CC(=O)c2cccc(Cl)c2)C(=O)C[C@H](C(=O)C(F)(F)F)C(C)C)cc1. The van der Waals surface area contributed by atoms with E-state index in [0.29, 0.717) is 23.6 Å². The number of Topliss-reactive ketones (excluding diaryl/α,β-unsaturated/α-hetero) is 3. The Bertz CT molecular complexity index is 1420. The van der Waals surface area contributed by atoms with Gasteiger partial charge in [-0.05, 0) is 69.4 Å². The molecule has 264 valence electrons. The van der Waals surface area contributed by atoms with Gasteiger partial charge in [-0.3, -0.25) is 19.2 Å². The van der Waals surface area contributed by atoms with Crippen LogP contribution in [0.5, 0.6) is 5.75 Å². The quantitative estimate of drug-likeness (QED) is 0.130. The highest BCUT2D eigenvalue weighted by molar-refractivity contribution is 6.31. The van der Waals surface area contributed by atoms with Gasteiger partial charge in [0.05, 0.1) is 7.11 Å². The minimum atomic E-state index is -5.14. The number of alkyl carbamates (subject to hydrolysis) is 1. The fourth-order valence-electron chi connectivity index (χ4n) is 4.93. The van der Waals surface area contributed by atoms with E-state index in [2.05, 4.69) is 10.6 Å². The maximum absolute atomic E-state index is 13.8. The van der Waals surface area contributed by atoms with Gasteiger partial charge in [0.15, 0.2) is 11.6 Å². The maximum Gasteiger partial charge on any atom is 0.450 e. The molecule has 0 saturated carbocycles. The second kappa shape index (κ2) is 18.0. The molecule has 9 nitrogen and oxygen atoms in total. The molecule has 48 heavy (non-hydrogen) atoms. The van der Waals surface area contributed by atoms with Gasteiger partial charge in [-0.1, -0.05) is 56.1 Å². The number of rotatable bonds is 17. The number of carbonyl (C=O) groups excluding carboxylic acids is 5. The van der Waals surface area contributed by atoms with Crippen molar-refractivity contribution in [3.63, 3.8) is 0 Å². The highest BCUT2D eigenvalue weighted by Gasteiger charge is 2.45. The van der Waals surface area contributed by atoms with Crippen molar-refractivity contribution in [3.05, 3.63) is 64.7 Å². The summed E-state index contributed by atoms with van der Waals surface area (Å²) in [5.41, 5.74) is -0.140. The smallest absolute Gasteiger partial charge is 0.450 e. The van der Waals surface area contributed by atoms with Crippen molar-refractivity contribution in [1.29, 1.82) is 0 Å². The number of ketones is 3. The summed E-state index contributed by atoms with van der Waals surface area (Å²) in [4.78, 5) is 64.9. The molecule has 2 aromatic carbocycles. The lowest BCUT2D eigenvalue weighted by molar-refractivity contribution is -0.177. The fourth-order valence-corrected chi connectivity index (χ4v) is 5.12. The Morgan fingerprint density at radius 3 is 2.10 bits per heavy atom. The third kappa shape index (κ3) is 13.3. The minimum Gasteiger partial charge on any atom is -0.497 e. The van der Waals surface area contributed by atoms with Gasteiger partial charge in [0, 0.05) is 41.8 Å². The molecule has 0 saturated heterocycles. The van der Waals surface area contributed by atoms with Crippen LogP contribution in [0, 0.1) is 17.8 Å². The molecule has 2 rings (SSSR count). The Kier molecular flexibility index (Phi) is 15.1. The zero-order chi connectivity index (χ0) is 36.2.